The minimum atomic E-state index is -0.101. The van der Waals surface area contributed by atoms with Crippen LogP contribution in [0.3, 0.4) is 0 Å². The molecule has 1 heterocycles. The van der Waals surface area contributed by atoms with Crippen molar-refractivity contribution >= 4 is 11.6 Å². The molecule has 0 bridgehead atoms. The van der Waals surface area contributed by atoms with Crippen molar-refractivity contribution in [1.29, 1.82) is 0 Å². The summed E-state index contributed by atoms with van der Waals surface area (Å²) in [5.41, 5.74) is 6.38. The fourth-order valence-electron chi connectivity index (χ4n) is 3.75. The van der Waals surface area contributed by atoms with Crippen molar-refractivity contribution in [3.8, 4) is 0 Å². The second kappa shape index (κ2) is 8.57. The average Bonchev–Trinajstić information content (AvgIpc) is 2.68. The number of nitrogens with one attached hydrogen (secondary N) is 1. The zero-order chi connectivity index (χ0) is 19.4. The number of aryl methyl sites for hydroxylation is 2. The van der Waals surface area contributed by atoms with Crippen molar-refractivity contribution < 1.29 is 4.79 Å². The van der Waals surface area contributed by atoms with Gasteiger partial charge in [0.05, 0.1) is 6.04 Å². The quantitative estimate of drug-likeness (QED) is 0.882. The zero-order valence-corrected chi connectivity index (χ0v) is 17.0. The van der Waals surface area contributed by atoms with Crippen LogP contribution in [0, 0.1) is 20.8 Å². The third-order valence-electron chi connectivity index (χ3n) is 5.71. The first-order chi connectivity index (χ1) is 13.0. The number of rotatable bonds is 5. The summed E-state index contributed by atoms with van der Waals surface area (Å²) in [5.74, 6) is 0.108. The van der Waals surface area contributed by atoms with E-state index in [0.717, 1.165) is 31.7 Å². The third-order valence-corrected chi connectivity index (χ3v) is 5.71. The molecule has 144 valence electrons. The first-order valence-corrected chi connectivity index (χ1v) is 9.84. The zero-order valence-electron chi connectivity index (χ0n) is 17.0. The van der Waals surface area contributed by atoms with Crippen LogP contribution in [0.2, 0.25) is 0 Å². The molecule has 0 spiro atoms. The summed E-state index contributed by atoms with van der Waals surface area (Å²) in [4.78, 5) is 17.3. The normalized spacial score (nSPS) is 16.2. The van der Waals surface area contributed by atoms with Gasteiger partial charge in [-0.25, -0.2) is 0 Å². The molecule has 1 atom stereocenters. The Morgan fingerprint density at radius 2 is 1.74 bits per heavy atom. The van der Waals surface area contributed by atoms with Crippen LogP contribution in [0.25, 0.3) is 0 Å². The van der Waals surface area contributed by atoms with Crippen molar-refractivity contribution in [2.45, 2.75) is 40.3 Å². The monoisotopic (exact) mass is 365 g/mol. The first kappa shape index (κ1) is 19.4. The molecular formula is C23H31N3O. The highest BCUT2D eigenvalue weighted by Crippen LogP contribution is 2.24. The minimum Gasteiger partial charge on any atom is -0.369 e. The molecule has 1 amide bonds. The van der Waals surface area contributed by atoms with Crippen LogP contribution in [0.15, 0.2) is 42.5 Å². The maximum atomic E-state index is 12.6. The highest BCUT2D eigenvalue weighted by Gasteiger charge is 2.26. The van der Waals surface area contributed by atoms with Crippen LogP contribution >= 0.6 is 0 Å². The fraction of sp³-hybridized carbons (Fsp3) is 0.435. The molecule has 3 rings (SSSR count). The van der Waals surface area contributed by atoms with Gasteiger partial charge in [0, 0.05) is 38.4 Å². The summed E-state index contributed by atoms with van der Waals surface area (Å²) in [7, 11) is 0. The van der Waals surface area contributed by atoms with E-state index < -0.39 is 0 Å². The number of benzene rings is 2. The Labute approximate surface area is 163 Å². The van der Waals surface area contributed by atoms with Crippen molar-refractivity contribution in [3.63, 3.8) is 0 Å². The van der Waals surface area contributed by atoms with Gasteiger partial charge in [0.15, 0.2) is 0 Å². The van der Waals surface area contributed by atoms with Gasteiger partial charge in [0.25, 0.3) is 0 Å². The average molecular weight is 366 g/mol. The lowest BCUT2D eigenvalue weighted by Crippen LogP contribution is -2.54. The lowest BCUT2D eigenvalue weighted by atomic mass is 10.1. The highest BCUT2D eigenvalue weighted by molar-refractivity contribution is 5.81. The SMILES string of the molecule is Cc1cccc(CNC(=O)C(C)N2CCN(c3cccc(C)c3C)CC2)c1. The van der Waals surface area contributed by atoms with Crippen LogP contribution in [-0.2, 0) is 11.3 Å². The molecule has 1 N–H and O–H groups in total. The third kappa shape index (κ3) is 4.69. The Morgan fingerprint density at radius 3 is 2.44 bits per heavy atom. The predicted molar refractivity (Wildman–Crippen MR) is 112 cm³/mol. The Bertz CT molecular complexity index is 794. The number of piperazine rings is 1. The molecule has 1 fully saturated rings. The molecule has 1 aliphatic heterocycles. The number of hydrogen-bond donors (Lipinski definition) is 1. The second-order valence-electron chi connectivity index (χ2n) is 7.62. The lowest BCUT2D eigenvalue weighted by Gasteiger charge is -2.39. The Kier molecular flexibility index (Phi) is 6.17. The molecule has 1 saturated heterocycles. The van der Waals surface area contributed by atoms with Crippen molar-refractivity contribution in [1.82, 2.24) is 10.2 Å². The standard InChI is InChI=1S/C23H31N3O/c1-17-7-5-9-21(15-17)16-24-23(27)20(4)25-11-13-26(14-12-25)22-10-6-8-18(2)19(22)3/h5-10,15,20H,11-14,16H2,1-4H3,(H,24,27). The van der Waals surface area contributed by atoms with E-state index in [2.05, 4.69) is 72.3 Å². The van der Waals surface area contributed by atoms with Crippen molar-refractivity contribution in [3.05, 3.63) is 64.7 Å². The largest absolute Gasteiger partial charge is 0.369 e. The molecule has 27 heavy (non-hydrogen) atoms. The molecule has 2 aromatic carbocycles. The number of carbonyl (C=O) groups excluding carboxylic acids is 1. The van der Waals surface area contributed by atoms with Crippen molar-refractivity contribution in [2.24, 2.45) is 0 Å². The van der Waals surface area contributed by atoms with Gasteiger partial charge in [-0.15, -0.1) is 0 Å². The van der Waals surface area contributed by atoms with Crippen LogP contribution in [0.5, 0.6) is 0 Å². The van der Waals surface area contributed by atoms with Gasteiger partial charge in [0.2, 0.25) is 5.91 Å². The van der Waals surface area contributed by atoms with E-state index in [4.69, 9.17) is 0 Å². The molecule has 4 heteroatoms. The second-order valence-corrected chi connectivity index (χ2v) is 7.62. The van der Waals surface area contributed by atoms with E-state index in [-0.39, 0.29) is 11.9 Å². The molecule has 1 unspecified atom stereocenters. The van der Waals surface area contributed by atoms with Gasteiger partial charge >= 0.3 is 0 Å². The number of hydrogen-bond acceptors (Lipinski definition) is 3. The molecule has 0 saturated carbocycles. The van der Waals surface area contributed by atoms with Crippen LogP contribution in [0.1, 0.15) is 29.2 Å². The van der Waals surface area contributed by atoms with Gasteiger partial charge in [-0.1, -0.05) is 42.0 Å². The summed E-state index contributed by atoms with van der Waals surface area (Å²) in [6.07, 6.45) is 0. The van der Waals surface area contributed by atoms with Crippen molar-refractivity contribution in [2.75, 3.05) is 31.1 Å². The van der Waals surface area contributed by atoms with E-state index in [0.29, 0.717) is 6.54 Å². The Morgan fingerprint density at radius 1 is 1.04 bits per heavy atom. The van der Waals surface area contributed by atoms with Gasteiger partial charge in [-0.05, 0) is 50.5 Å². The van der Waals surface area contributed by atoms with Gasteiger partial charge < -0.3 is 10.2 Å². The van der Waals surface area contributed by atoms with Gasteiger partial charge in [-0.3, -0.25) is 9.69 Å². The summed E-state index contributed by atoms with van der Waals surface area (Å²) in [6.45, 7) is 12.8. The van der Waals surface area contributed by atoms with Crippen LogP contribution < -0.4 is 10.2 Å². The number of amides is 1. The van der Waals surface area contributed by atoms with E-state index in [1.165, 1.54) is 22.4 Å². The van der Waals surface area contributed by atoms with Gasteiger partial charge in [-0.2, -0.15) is 0 Å². The fourth-order valence-corrected chi connectivity index (χ4v) is 3.75. The molecule has 4 nitrogen and oxygen atoms in total. The smallest absolute Gasteiger partial charge is 0.237 e. The maximum Gasteiger partial charge on any atom is 0.237 e. The van der Waals surface area contributed by atoms with E-state index in [1.54, 1.807) is 0 Å². The summed E-state index contributed by atoms with van der Waals surface area (Å²) >= 11 is 0. The van der Waals surface area contributed by atoms with Gasteiger partial charge in [0.1, 0.15) is 0 Å². The van der Waals surface area contributed by atoms with E-state index in [9.17, 15) is 4.79 Å². The topological polar surface area (TPSA) is 35.6 Å². The first-order valence-electron chi connectivity index (χ1n) is 9.84. The lowest BCUT2D eigenvalue weighted by molar-refractivity contribution is -0.126. The predicted octanol–water partition coefficient (Wildman–Crippen LogP) is 3.44. The van der Waals surface area contributed by atoms with E-state index in [1.807, 2.05) is 13.0 Å². The number of anilines is 1. The molecule has 0 aromatic heterocycles. The Hall–Kier alpha value is -2.33. The highest BCUT2D eigenvalue weighted by atomic mass is 16.2. The summed E-state index contributed by atoms with van der Waals surface area (Å²) < 4.78 is 0. The minimum absolute atomic E-state index is 0.101. The molecule has 0 radical (unpaired) electrons. The number of nitrogens with zero attached hydrogens (tertiary/aromatic N) is 2. The van der Waals surface area contributed by atoms with Crippen LogP contribution in [0.4, 0.5) is 5.69 Å². The molecule has 2 aromatic rings. The molecular weight excluding hydrogens is 334 g/mol. The molecule has 0 aliphatic carbocycles. The van der Waals surface area contributed by atoms with Crippen LogP contribution in [-0.4, -0.2) is 43.0 Å². The van der Waals surface area contributed by atoms with E-state index >= 15 is 0 Å². The summed E-state index contributed by atoms with van der Waals surface area (Å²) in [5, 5.41) is 3.09. The maximum absolute atomic E-state index is 12.6. The Balaban J connectivity index is 1.52. The summed E-state index contributed by atoms with van der Waals surface area (Å²) in [6, 6.07) is 14.7. The molecule has 1 aliphatic rings. The number of carbonyl (C=O) groups is 1.